The first-order valence-corrected chi connectivity index (χ1v) is 8.26. The predicted molar refractivity (Wildman–Crippen MR) is 96.7 cm³/mol. The number of benzene rings is 2. The summed E-state index contributed by atoms with van der Waals surface area (Å²) in [6, 6.07) is 10.4. The molecule has 0 saturated carbocycles. The molecule has 2 heterocycles. The number of amides is 1. The maximum atomic E-state index is 13.3. The summed E-state index contributed by atoms with van der Waals surface area (Å²) in [6.45, 7) is 5.83. The summed E-state index contributed by atoms with van der Waals surface area (Å²) in [6.07, 6.45) is 1.59. The zero-order chi connectivity index (χ0) is 18.4. The Morgan fingerprint density at radius 3 is 2.62 bits per heavy atom. The Morgan fingerprint density at radius 2 is 1.92 bits per heavy atom. The number of aryl methyl sites for hydroxylation is 1. The van der Waals surface area contributed by atoms with E-state index in [1.165, 1.54) is 17.0 Å². The summed E-state index contributed by atoms with van der Waals surface area (Å²) in [5.41, 5.74) is 2.02. The molecule has 0 spiro atoms. The first-order chi connectivity index (χ1) is 12.5. The third-order valence-corrected chi connectivity index (χ3v) is 4.63. The Kier molecular flexibility index (Phi) is 3.72. The van der Waals surface area contributed by atoms with Gasteiger partial charge in [-0.15, -0.1) is 6.58 Å². The highest BCUT2D eigenvalue weighted by molar-refractivity contribution is 5.99. The van der Waals surface area contributed by atoms with Crippen molar-refractivity contribution in [3.63, 3.8) is 0 Å². The number of hydrogen-bond acceptors (Lipinski definition) is 3. The van der Waals surface area contributed by atoms with Gasteiger partial charge in [0.05, 0.1) is 17.0 Å². The Labute approximate surface area is 149 Å². The molecule has 1 aliphatic heterocycles. The highest BCUT2D eigenvalue weighted by atomic mass is 19.1. The fraction of sp³-hybridized carbons (Fsp3) is 0.143. The average molecular weight is 349 g/mol. The minimum atomic E-state index is -0.628. The van der Waals surface area contributed by atoms with Crippen LogP contribution < -0.4 is 5.43 Å². The van der Waals surface area contributed by atoms with Crippen molar-refractivity contribution in [3.05, 3.63) is 93.6 Å². The zero-order valence-electron chi connectivity index (χ0n) is 14.2. The summed E-state index contributed by atoms with van der Waals surface area (Å²) in [7, 11) is 0. The van der Waals surface area contributed by atoms with Crippen molar-refractivity contribution in [1.29, 1.82) is 0 Å². The number of nitrogens with zero attached hydrogens (tertiary/aromatic N) is 1. The second-order valence-corrected chi connectivity index (χ2v) is 6.37. The van der Waals surface area contributed by atoms with Gasteiger partial charge in [-0.3, -0.25) is 9.59 Å². The highest BCUT2D eigenvalue weighted by Gasteiger charge is 2.42. The molecule has 26 heavy (non-hydrogen) atoms. The minimum absolute atomic E-state index is 0.0440. The Morgan fingerprint density at radius 1 is 1.19 bits per heavy atom. The molecule has 1 aromatic heterocycles. The van der Waals surface area contributed by atoms with Crippen LogP contribution >= 0.6 is 0 Å². The number of halogens is 1. The number of fused-ring (bicyclic) bond motifs is 2. The maximum absolute atomic E-state index is 13.3. The number of hydrogen-bond donors (Lipinski definition) is 0. The van der Waals surface area contributed by atoms with E-state index in [4.69, 9.17) is 4.42 Å². The van der Waals surface area contributed by atoms with E-state index < -0.39 is 6.04 Å². The molecule has 3 aromatic rings. The molecular weight excluding hydrogens is 333 g/mol. The van der Waals surface area contributed by atoms with Crippen LogP contribution in [0.4, 0.5) is 4.39 Å². The van der Waals surface area contributed by atoms with E-state index in [2.05, 4.69) is 6.58 Å². The van der Waals surface area contributed by atoms with Gasteiger partial charge < -0.3 is 9.32 Å². The van der Waals surface area contributed by atoms with Gasteiger partial charge in [0.1, 0.15) is 11.4 Å². The van der Waals surface area contributed by atoms with Gasteiger partial charge in [-0.1, -0.05) is 29.8 Å². The smallest absolute Gasteiger partial charge is 0.291 e. The van der Waals surface area contributed by atoms with Crippen molar-refractivity contribution < 1.29 is 13.6 Å². The van der Waals surface area contributed by atoms with E-state index >= 15 is 0 Å². The van der Waals surface area contributed by atoms with Gasteiger partial charge >= 0.3 is 0 Å². The van der Waals surface area contributed by atoms with Gasteiger partial charge in [0.2, 0.25) is 5.76 Å². The van der Waals surface area contributed by atoms with Crippen molar-refractivity contribution >= 4 is 16.9 Å². The van der Waals surface area contributed by atoms with Crippen LogP contribution in [0.5, 0.6) is 0 Å². The van der Waals surface area contributed by atoms with E-state index in [1.54, 1.807) is 30.3 Å². The second kappa shape index (κ2) is 5.95. The van der Waals surface area contributed by atoms with E-state index in [0.717, 1.165) is 5.56 Å². The maximum Gasteiger partial charge on any atom is 0.291 e. The van der Waals surface area contributed by atoms with E-state index in [-0.39, 0.29) is 29.5 Å². The van der Waals surface area contributed by atoms with Crippen LogP contribution in [0.1, 0.15) is 33.3 Å². The molecule has 0 fully saturated rings. The highest BCUT2D eigenvalue weighted by Crippen LogP contribution is 2.38. The van der Waals surface area contributed by atoms with Crippen molar-refractivity contribution in [3.8, 4) is 0 Å². The van der Waals surface area contributed by atoms with Crippen molar-refractivity contribution in [2.24, 2.45) is 0 Å². The molecule has 130 valence electrons. The Bertz CT molecular complexity index is 1100. The van der Waals surface area contributed by atoms with Crippen molar-refractivity contribution in [2.45, 2.75) is 13.0 Å². The standard InChI is InChI=1S/C21H16FNO3/c1-3-10-23-18(13-5-7-14(22)8-6-13)17-19(24)15-11-12(2)4-9-16(15)26-20(17)21(23)25/h3-9,11,18H,1,10H2,2H3. The normalized spacial score (nSPS) is 16.2. The third kappa shape index (κ3) is 2.36. The van der Waals surface area contributed by atoms with Crippen LogP contribution in [0.3, 0.4) is 0 Å². The van der Waals surface area contributed by atoms with Crippen molar-refractivity contribution in [2.75, 3.05) is 6.54 Å². The van der Waals surface area contributed by atoms with Crippen LogP contribution in [-0.4, -0.2) is 17.4 Å². The lowest BCUT2D eigenvalue weighted by Gasteiger charge is -2.23. The lowest BCUT2D eigenvalue weighted by Crippen LogP contribution is -2.29. The molecule has 1 amide bonds. The van der Waals surface area contributed by atoms with Crippen LogP contribution in [0.15, 0.2) is 64.3 Å². The summed E-state index contributed by atoms with van der Waals surface area (Å²) in [5, 5.41) is 0.434. The largest absolute Gasteiger partial charge is 0.450 e. The van der Waals surface area contributed by atoms with Crippen LogP contribution in [0, 0.1) is 12.7 Å². The molecule has 0 bridgehead atoms. The molecule has 5 heteroatoms. The molecule has 4 nitrogen and oxygen atoms in total. The lowest BCUT2D eigenvalue weighted by molar-refractivity contribution is 0.0748. The number of carbonyl (C=O) groups is 1. The summed E-state index contributed by atoms with van der Waals surface area (Å²) in [5.74, 6) is -0.703. The van der Waals surface area contributed by atoms with E-state index in [9.17, 15) is 14.0 Å². The summed E-state index contributed by atoms with van der Waals surface area (Å²) < 4.78 is 19.2. The molecule has 2 aromatic carbocycles. The molecule has 0 radical (unpaired) electrons. The molecule has 1 atom stereocenters. The van der Waals surface area contributed by atoms with Crippen LogP contribution in [-0.2, 0) is 0 Å². The predicted octanol–water partition coefficient (Wildman–Crippen LogP) is 3.97. The number of rotatable bonds is 3. The minimum Gasteiger partial charge on any atom is -0.450 e. The summed E-state index contributed by atoms with van der Waals surface area (Å²) in [4.78, 5) is 27.6. The zero-order valence-corrected chi connectivity index (χ0v) is 14.2. The van der Waals surface area contributed by atoms with Gasteiger partial charge in [-0.2, -0.15) is 0 Å². The summed E-state index contributed by atoms with van der Waals surface area (Å²) >= 11 is 0. The van der Waals surface area contributed by atoms with E-state index in [1.807, 2.05) is 13.0 Å². The van der Waals surface area contributed by atoms with Gasteiger partial charge in [0, 0.05) is 6.54 Å². The quantitative estimate of drug-likeness (QED) is 0.672. The van der Waals surface area contributed by atoms with Gasteiger partial charge in [-0.05, 0) is 36.8 Å². The topological polar surface area (TPSA) is 50.5 Å². The van der Waals surface area contributed by atoms with Gasteiger partial charge in [-0.25, -0.2) is 4.39 Å². The molecule has 0 N–H and O–H groups in total. The first kappa shape index (κ1) is 16.3. The molecular formula is C21H16FNO3. The van der Waals surface area contributed by atoms with Gasteiger partial charge in [0.25, 0.3) is 5.91 Å². The second-order valence-electron chi connectivity index (χ2n) is 6.37. The molecule has 0 saturated heterocycles. The molecule has 1 unspecified atom stereocenters. The molecule has 4 rings (SSSR count). The Balaban J connectivity index is 2.02. The lowest BCUT2D eigenvalue weighted by atomic mass is 9.98. The molecule has 0 aliphatic carbocycles. The Hall–Kier alpha value is -3.21. The van der Waals surface area contributed by atoms with Crippen LogP contribution in [0.2, 0.25) is 0 Å². The van der Waals surface area contributed by atoms with Crippen molar-refractivity contribution in [1.82, 2.24) is 4.90 Å². The fourth-order valence-corrected chi connectivity index (χ4v) is 3.45. The monoisotopic (exact) mass is 349 g/mol. The van der Waals surface area contributed by atoms with Gasteiger partial charge in [0.15, 0.2) is 5.43 Å². The number of carbonyl (C=O) groups excluding carboxylic acids is 1. The average Bonchev–Trinajstić information content (AvgIpc) is 2.90. The van der Waals surface area contributed by atoms with E-state index in [0.29, 0.717) is 22.1 Å². The van der Waals surface area contributed by atoms with Crippen LogP contribution in [0.25, 0.3) is 11.0 Å². The SMILES string of the molecule is C=CCN1C(=O)c2oc3ccc(C)cc3c(=O)c2C1c1ccc(F)cc1. The first-order valence-electron chi connectivity index (χ1n) is 8.26. The molecule has 1 aliphatic rings. The third-order valence-electron chi connectivity index (χ3n) is 4.63. The fourth-order valence-electron chi connectivity index (χ4n) is 3.45.